The summed E-state index contributed by atoms with van der Waals surface area (Å²) in [5.41, 5.74) is 4.20. The molecule has 2 aromatic heterocycles. The number of fused-ring (bicyclic) bond motifs is 1. The Balaban J connectivity index is 1.52. The number of allylic oxidation sites excluding steroid dienone is 1. The van der Waals surface area contributed by atoms with Gasteiger partial charge in [0.1, 0.15) is 12.4 Å². The minimum atomic E-state index is -4.47. The summed E-state index contributed by atoms with van der Waals surface area (Å²) >= 11 is 6.08. The zero-order valence-electron chi connectivity index (χ0n) is 18.0. The van der Waals surface area contributed by atoms with Crippen molar-refractivity contribution in [1.82, 2.24) is 20.0 Å². The van der Waals surface area contributed by atoms with Crippen molar-refractivity contribution in [3.8, 4) is 0 Å². The fourth-order valence-electron chi connectivity index (χ4n) is 3.84. The number of hydrazone groups is 2. The van der Waals surface area contributed by atoms with Crippen molar-refractivity contribution >= 4 is 34.8 Å². The maximum absolute atomic E-state index is 12.8. The largest absolute Gasteiger partial charge is 0.433 e. The van der Waals surface area contributed by atoms with Gasteiger partial charge >= 0.3 is 6.18 Å². The van der Waals surface area contributed by atoms with E-state index in [0.29, 0.717) is 29.6 Å². The highest BCUT2D eigenvalue weighted by atomic mass is 35.5. The van der Waals surface area contributed by atoms with Crippen molar-refractivity contribution in [2.45, 2.75) is 19.6 Å². The number of halogens is 4. The van der Waals surface area contributed by atoms with Crippen LogP contribution in [-0.2, 0) is 12.7 Å². The number of alkyl halides is 3. The van der Waals surface area contributed by atoms with Crippen LogP contribution >= 0.6 is 11.6 Å². The smallest absolute Gasteiger partial charge is 0.269 e. The van der Waals surface area contributed by atoms with Gasteiger partial charge in [0, 0.05) is 34.3 Å². The summed E-state index contributed by atoms with van der Waals surface area (Å²) in [6.45, 7) is 2.56. The highest BCUT2D eigenvalue weighted by Crippen LogP contribution is 2.34. The van der Waals surface area contributed by atoms with Gasteiger partial charge in [0.05, 0.1) is 12.8 Å². The minimum Gasteiger partial charge on any atom is -0.269 e. The second-order valence-corrected chi connectivity index (χ2v) is 8.34. The number of benzene rings is 1. The molecule has 2 aliphatic rings. The lowest BCUT2D eigenvalue weighted by Crippen LogP contribution is -2.29. The van der Waals surface area contributed by atoms with Gasteiger partial charge in [-0.25, -0.2) is 5.01 Å². The Bertz CT molecular complexity index is 1310. The van der Waals surface area contributed by atoms with Gasteiger partial charge in [0.25, 0.3) is 0 Å². The van der Waals surface area contributed by atoms with Gasteiger partial charge in [-0.2, -0.15) is 23.4 Å². The predicted molar refractivity (Wildman–Crippen MR) is 125 cm³/mol. The summed E-state index contributed by atoms with van der Waals surface area (Å²) in [6, 6.07) is 13.8. The van der Waals surface area contributed by atoms with Crippen LogP contribution in [0.25, 0.3) is 11.1 Å². The molecule has 0 spiro atoms. The molecule has 0 saturated heterocycles. The van der Waals surface area contributed by atoms with Gasteiger partial charge in [0.2, 0.25) is 0 Å². The van der Waals surface area contributed by atoms with E-state index in [-0.39, 0.29) is 0 Å². The van der Waals surface area contributed by atoms with Crippen molar-refractivity contribution < 1.29 is 13.2 Å². The SMILES string of the molecule is Cc1cc(C2=C(c3ccc(Cl)cc3)C=NN3CN(Cc4ccc(C(F)(F)F)nc4)N=C23)ccn1. The van der Waals surface area contributed by atoms with Gasteiger partial charge in [-0.3, -0.25) is 15.0 Å². The predicted octanol–water partition coefficient (Wildman–Crippen LogP) is 5.46. The first-order valence-electron chi connectivity index (χ1n) is 10.4. The third-order valence-electron chi connectivity index (χ3n) is 5.42. The average Bonchev–Trinajstić information content (AvgIpc) is 3.21. The zero-order valence-corrected chi connectivity index (χ0v) is 18.7. The maximum atomic E-state index is 12.8. The lowest BCUT2D eigenvalue weighted by Gasteiger charge is -2.23. The van der Waals surface area contributed by atoms with Crippen molar-refractivity contribution in [3.63, 3.8) is 0 Å². The topological polar surface area (TPSA) is 57.0 Å². The molecule has 2 aliphatic heterocycles. The van der Waals surface area contributed by atoms with Gasteiger partial charge in [0.15, 0.2) is 5.84 Å². The lowest BCUT2D eigenvalue weighted by atomic mass is 9.93. The van der Waals surface area contributed by atoms with Crippen molar-refractivity contribution in [2.24, 2.45) is 10.2 Å². The van der Waals surface area contributed by atoms with E-state index in [1.807, 2.05) is 43.3 Å². The summed E-state index contributed by atoms with van der Waals surface area (Å²) in [5, 5.41) is 13.5. The first kappa shape index (κ1) is 22.1. The van der Waals surface area contributed by atoms with E-state index in [1.165, 1.54) is 12.3 Å². The number of hydrogen-bond acceptors (Lipinski definition) is 6. The number of rotatable bonds is 4. The zero-order chi connectivity index (χ0) is 23.9. The Hall–Kier alpha value is -3.72. The van der Waals surface area contributed by atoms with E-state index in [2.05, 4.69) is 15.1 Å². The van der Waals surface area contributed by atoms with E-state index in [0.717, 1.165) is 34.0 Å². The summed E-state index contributed by atoms with van der Waals surface area (Å²) in [5.74, 6) is 0.651. The molecule has 172 valence electrons. The molecule has 3 aromatic rings. The number of nitrogens with zero attached hydrogens (tertiary/aromatic N) is 6. The molecule has 0 fully saturated rings. The van der Waals surface area contributed by atoms with Crippen LogP contribution < -0.4 is 0 Å². The normalized spacial score (nSPS) is 15.6. The van der Waals surface area contributed by atoms with Crippen molar-refractivity contribution in [3.05, 3.63) is 94.0 Å². The van der Waals surface area contributed by atoms with Gasteiger partial charge in [-0.15, -0.1) is 0 Å². The van der Waals surface area contributed by atoms with Crippen LogP contribution in [0.15, 0.2) is 71.1 Å². The molecule has 34 heavy (non-hydrogen) atoms. The van der Waals surface area contributed by atoms with E-state index in [1.54, 1.807) is 22.4 Å². The standard InChI is InChI=1S/C24H18ClF3N6/c1-15-10-18(8-9-29-15)22-20(17-3-5-19(25)6-4-17)12-31-34-14-33(32-23(22)34)13-16-2-7-21(30-11-16)24(26,27)28/h2-12H,13-14H2,1H3. The van der Waals surface area contributed by atoms with E-state index < -0.39 is 11.9 Å². The molecule has 0 radical (unpaired) electrons. The Labute approximate surface area is 198 Å². The first-order chi connectivity index (χ1) is 16.3. The maximum Gasteiger partial charge on any atom is 0.433 e. The quantitative estimate of drug-likeness (QED) is 0.496. The van der Waals surface area contributed by atoms with Crippen molar-refractivity contribution in [1.29, 1.82) is 0 Å². The Morgan fingerprint density at radius 3 is 2.47 bits per heavy atom. The molecule has 0 unspecified atom stereocenters. The number of amidine groups is 1. The molecular formula is C24H18ClF3N6. The van der Waals surface area contributed by atoms with Crippen LogP contribution in [0.3, 0.4) is 0 Å². The number of aryl methyl sites for hydroxylation is 1. The van der Waals surface area contributed by atoms with Crippen LogP contribution in [0.4, 0.5) is 13.2 Å². The minimum absolute atomic E-state index is 0.291. The molecule has 10 heteroatoms. The number of hydrogen-bond donors (Lipinski definition) is 0. The van der Waals surface area contributed by atoms with E-state index in [4.69, 9.17) is 16.7 Å². The van der Waals surface area contributed by atoms with Crippen LogP contribution in [0.2, 0.25) is 5.02 Å². The number of pyridine rings is 2. The fraction of sp³-hybridized carbons (Fsp3) is 0.167. The van der Waals surface area contributed by atoms with E-state index in [9.17, 15) is 13.2 Å². The summed E-state index contributed by atoms with van der Waals surface area (Å²) in [6.07, 6.45) is 0.290. The lowest BCUT2D eigenvalue weighted by molar-refractivity contribution is -0.141. The summed E-state index contributed by atoms with van der Waals surface area (Å²) < 4.78 is 38.5. The summed E-state index contributed by atoms with van der Waals surface area (Å²) in [4.78, 5) is 7.84. The fourth-order valence-corrected chi connectivity index (χ4v) is 3.96. The third kappa shape index (κ3) is 4.38. The molecule has 1 aromatic carbocycles. The van der Waals surface area contributed by atoms with Crippen LogP contribution in [-0.4, -0.2) is 38.7 Å². The second-order valence-electron chi connectivity index (χ2n) is 7.90. The van der Waals surface area contributed by atoms with Crippen LogP contribution in [0, 0.1) is 6.92 Å². The van der Waals surface area contributed by atoms with E-state index >= 15 is 0 Å². The molecule has 5 rings (SSSR count). The second kappa shape index (κ2) is 8.57. The molecule has 0 saturated carbocycles. The van der Waals surface area contributed by atoms with Gasteiger partial charge < -0.3 is 0 Å². The molecular weight excluding hydrogens is 465 g/mol. The van der Waals surface area contributed by atoms with Crippen molar-refractivity contribution in [2.75, 3.05) is 6.67 Å². The molecule has 0 atom stereocenters. The Morgan fingerprint density at radius 2 is 1.79 bits per heavy atom. The average molecular weight is 483 g/mol. The van der Waals surface area contributed by atoms with Gasteiger partial charge in [-0.1, -0.05) is 29.8 Å². The van der Waals surface area contributed by atoms with Gasteiger partial charge in [-0.05, 0) is 53.9 Å². The third-order valence-corrected chi connectivity index (χ3v) is 5.67. The molecule has 0 amide bonds. The van der Waals surface area contributed by atoms with Crippen LogP contribution in [0.5, 0.6) is 0 Å². The molecule has 4 heterocycles. The molecule has 0 aliphatic carbocycles. The first-order valence-corrected chi connectivity index (χ1v) is 10.8. The Morgan fingerprint density at radius 1 is 1.00 bits per heavy atom. The summed E-state index contributed by atoms with van der Waals surface area (Å²) in [7, 11) is 0. The van der Waals surface area contributed by atoms with Crippen LogP contribution in [0.1, 0.15) is 28.1 Å². The highest BCUT2D eigenvalue weighted by molar-refractivity contribution is 6.39. The Kier molecular flexibility index (Phi) is 5.57. The molecule has 0 bridgehead atoms. The monoisotopic (exact) mass is 482 g/mol. The molecule has 6 nitrogen and oxygen atoms in total. The molecule has 0 N–H and O–H groups in total. The highest BCUT2D eigenvalue weighted by Gasteiger charge is 2.33. The number of aromatic nitrogens is 2.